The highest BCUT2D eigenvalue weighted by molar-refractivity contribution is 7.52. The van der Waals surface area contributed by atoms with Gasteiger partial charge in [-0.15, -0.1) is 6.42 Å². The van der Waals surface area contributed by atoms with Crippen LogP contribution in [-0.4, -0.2) is 75.5 Å². The topological polar surface area (TPSA) is 188 Å². The van der Waals surface area contributed by atoms with Gasteiger partial charge < -0.3 is 28.9 Å². The van der Waals surface area contributed by atoms with Crippen molar-refractivity contribution < 1.29 is 42.8 Å². The first-order chi connectivity index (χ1) is 18.7. The fraction of sp³-hybridized carbons (Fsp3) is 0.480. The van der Waals surface area contributed by atoms with Crippen LogP contribution in [0.15, 0.2) is 52.2 Å². The number of methoxy groups -OCH3 is 1. The molecule has 2 heterocycles. The molecular weight excluding hydrogens is 549 g/mol. The van der Waals surface area contributed by atoms with Gasteiger partial charge in [-0.25, -0.2) is 9.36 Å². The fourth-order valence-corrected chi connectivity index (χ4v) is 5.05. The van der Waals surface area contributed by atoms with Crippen LogP contribution in [0.25, 0.3) is 0 Å². The number of H-pyrrole nitrogens is 1. The summed E-state index contributed by atoms with van der Waals surface area (Å²) in [5.41, 5.74) is -4.85. The zero-order chi connectivity index (χ0) is 29.7. The Morgan fingerprint density at radius 2 is 2.00 bits per heavy atom. The highest BCUT2D eigenvalue weighted by Crippen LogP contribution is 2.46. The highest BCUT2D eigenvalue weighted by Gasteiger charge is 2.56. The Hall–Kier alpha value is -3.28. The van der Waals surface area contributed by atoms with Gasteiger partial charge in [0.1, 0.15) is 30.6 Å². The van der Waals surface area contributed by atoms with E-state index in [-0.39, 0.29) is 12.4 Å². The van der Waals surface area contributed by atoms with Crippen LogP contribution in [0, 0.1) is 12.3 Å². The van der Waals surface area contributed by atoms with Gasteiger partial charge in [-0.2, -0.15) is 5.09 Å². The number of nitrogens with one attached hydrogen (secondary N) is 2. The number of carbonyl (C=O) groups excluding carboxylic acids is 1. The molecule has 0 bridgehead atoms. The van der Waals surface area contributed by atoms with Crippen LogP contribution >= 0.6 is 7.75 Å². The van der Waals surface area contributed by atoms with Crippen LogP contribution < -0.4 is 20.9 Å². The standard InChI is InChI=1S/C25H32N3O11P/c1-6-25(33)20(30)18(38-22(25)28-13-12-19(29)26-23(28)32)14-37-40(34,39-17-10-8-7-9-11-17)27-16(2)21(31)36-15-24(3,4)35-5/h1,7-13,16,18,20,22,30,33H,14-15H2,2-5H3,(H,27,34)(H,26,29,32)/t16-,18+,20+,22?,25+,40?/m0/s1. The second-order valence-corrected chi connectivity index (χ2v) is 11.3. The first-order valence-electron chi connectivity index (χ1n) is 12.1. The van der Waals surface area contributed by atoms with Gasteiger partial charge >= 0.3 is 19.4 Å². The Labute approximate surface area is 229 Å². The molecule has 2 unspecified atom stereocenters. The molecule has 15 heteroatoms. The third kappa shape index (κ3) is 7.26. The van der Waals surface area contributed by atoms with Crippen molar-refractivity contribution in [2.75, 3.05) is 20.3 Å². The van der Waals surface area contributed by atoms with E-state index in [4.69, 9.17) is 29.7 Å². The van der Waals surface area contributed by atoms with Gasteiger partial charge in [0.05, 0.1) is 12.2 Å². The fourth-order valence-electron chi connectivity index (χ4n) is 3.55. The largest absolute Gasteiger partial charge is 0.461 e. The van der Waals surface area contributed by atoms with Gasteiger partial charge in [-0.3, -0.25) is 23.7 Å². The third-order valence-electron chi connectivity index (χ3n) is 6.02. The monoisotopic (exact) mass is 581 g/mol. The predicted molar refractivity (Wildman–Crippen MR) is 140 cm³/mol. The minimum atomic E-state index is -4.38. The van der Waals surface area contributed by atoms with Crippen molar-refractivity contribution in [3.63, 3.8) is 0 Å². The number of aliphatic hydroxyl groups excluding tert-OH is 1. The van der Waals surface area contributed by atoms with E-state index in [1.807, 2.05) is 10.9 Å². The van der Waals surface area contributed by atoms with Crippen molar-refractivity contribution in [1.29, 1.82) is 0 Å². The molecule has 6 atom stereocenters. The van der Waals surface area contributed by atoms with Gasteiger partial charge in [0.15, 0.2) is 11.8 Å². The lowest BCUT2D eigenvalue weighted by Crippen LogP contribution is -2.48. The number of nitrogens with zero attached hydrogens (tertiary/aromatic N) is 1. The summed E-state index contributed by atoms with van der Waals surface area (Å²) in [7, 11) is -2.92. The van der Waals surface area contributed by atoms with Crippen molar-refractivity contribution in [1.82, 2.24) is 14.6 Å². The van der Waals surface area contributed by atoms with E-state index in [1.54, 1.807) is 32.0 Å². The van der Waals surface area contributed by atoms with Crippen molar-refractivity contribution in [3.8, 4) is 18.1 Å². The summed E-state index contributed by atoms with van der Waals surface area (Å²) in [5, 5.41) is 24.2. The molecule has 1 aliphatic rings. The summed E-state index contributed by atoms with van der Waals surface area (Å²) in [6.07, 6.45) is 1.61. The van der Waals surface area contributed by atoms with Crippen molar-refractivity contribution >= 4 is 13.7 Å². The van der Waals surface area contributed by atoms with E-state index in [0.717, 1.165) is 16.8 Å². The van der Waals surface area contributed by atoms with Gasteiger partial charge in [0, 0.05) is 19.4 Å². The van der Waals surface area contributed by atoms with E-state index in [0.29, 0.717) is 0 Å². The van der Waals surface area contributed by atoms with Crippen LogP contribution in [0.2, 0.25) is 0 Å². The summed E-state index contributed by atoms with van der Waals surface area (Å²) in [4.78, 5) is 38.3. The van der Waals surface area contributed by atoms with E-state index >= 15 is 0 Å². The Balaban J connectivity index is 1.80. The van der Waals surface area contributed by atoms with Crippen LogP contribution in [0.4, 0.5) is 0 Å². The van der Waals surface area contributed by atoms with Gasteiger partial charge in [-0.1, -0.05) is 24.1 Å². The molecular formula is C25H32N3O11P. The van der Waals surface area contributed by atoms with Gasteiger partial charge in [-0.05, 0) is 32.9 Å². The molecule has 0 aliphatic carbocycles. The van der Waals surface area contributed by atoms with Crippen LogP contribution in [0.3, 0.4) is 0 Å². The lowest BCUT2D eigenvalue weighted by atomic mass is 9.95. The van der Waals surface area contributed by atoms with Crippen LogP contribution in [0.5, 0.6) is 5.75 Å². The molecule has 1 aromatic carbocycles. The number of esters is 1. The van der Waals surface area contributed by atoms with Gasteiger partial charge in [0.25, 0.3) is 5.56 Å². The molecule has 4 N–H and O–H groups in total. The maximum Gasteiger partial charge on any atom is 0.459 e. The average molecular weight is 582 g/mol. The minimum absolute atomic E-state index is 0.0860. The van der Waals surface area contributed by atoms with Crippen molar-refractivity contribution in [2.45, 2.75) is 56.5 Å². The molecule has 0 radical (unpaired) electrons. The van der Waals surface area contributed by atoms with Gasteiger partial charge in [0.2, 0.25) is 0 Å². The Kier molecular flexibility index (Phi) is 9.76. The van der Waals surface area contributed by atoms with E-state index < -0.39 is 67.3 Å². The second-order valence-electron chi connectivity index (χ2n) is 9.58. The SMILES string of the molecule is C#C[C@]1(O)C(n2ccc(=O)[nH]c2=O)O[C@H](COP(=O)(N[C@@H](C)C(=O)OCC(C)(C)OC)Oc2ccccc2)[C@H]1O. The molecule has 218 valence electrons. The van der Waals surface area contributed by atoms with Crippen molar-refractivity contribution in [3.05, 3.63) is 63.4 Å². The number of hydrogen-bond donors (Lipinski definition) is 4. The summed E-state index contributed by atoms with van der Waals surface area (Å²) in [6, 6.07) is 7.74. The molecule has 2 aromatic rings. The highest BCUT2D eigenvalue weighted by atomic mass is 31.2. The Bertz CT molecular complexity index is 1390. The molecule has 1 aromatic heterocycles. The Morgan fingerprint density at radius 3 is 2.60 bits per heavy atom. The number of rotatable bonds is 12. The van der Waals surface area contributed by atoms with Crippen LogP contribution in [0.1, 0.15) is 27.0 Å². The molecule has 1 saturated heterocycles. The molecule has 0 saturated carbocycles. The minimum Gasteiger partial charge on any atom is -0.461 e. The smallest absolute Gasteiger partial charge is 0.459 e. The molecule has 3 rings (SSSR count). The third-order valence-corrected chi connectivity index (χ3v) is 7.66. The summed E-state index contributed by atoms with van der Waals surface area (Å²) in [6.45, 7) is 4.04. The molecule has 1 fully saturated rings. The predicted octanol–water partition coefficient (Wildman–Crippen LogP) is 0.309. The lowest BCUT2D eigenvalue weighted by Gasteiger charge is -2.27. The molecule has 40 heavy (non-hydrogen) atoms. The van der Waals surface area contributed by atoms with E-state index in [1.165, 1.54) is 26.2 Å². The number of hydrogen-bond acceptors (Lipinski definition) is 11. The summed E-state index contributed by atoms with van der Waals surface area (Å²) in [5.74, 6) is 1.37. The zero-order valence-corrected chi connectivity index (χ0v) is 23.2. The second kappa shape index (κ2) is 12.5. The van der Waals surface area contributed by atoms with E-state index in [2.05, 4.69) is 5.09 Å². The van der Waals surface area contributed by atoms with E-state index in [9.17, 15) is 29.2 Å². The maximum absolute atomic E-state index is 13.8. The number of aliphatic hydroxyl groups is 2. The zero-order valence-electron chi connectivity index (χ0n) is 22.3. The molecule has 14 nitrogen and oxygen atoms in total. The summed E-state index contributed by atoms with van der Waals surface area (Å²) >= 11 is 0. The number of para-hydroxylation sites is 1. The first kappa shape index (κ1) is 31.3. The number of benzene rings is 1. The maximum atomic E-state index is 13.8. The lowest BCUT2D eigenvalue weighted by molar-refractivity contribution is -0.153. The molecule has 0 spiro atoms. The normalized spacial score (nSPS) is 25.0. The first-order valence-corrected chi connectivity index (χ1v) is 13.6. The number of carbonyl (C=O) groups is 1. The number of aromatic amines is 1. The number of aromatic nitrogens is 2. The molecule has 1 aliphatic heterocycles. The van der Waals surface area contributed by atoms with Crippen molar-refractivity contribution in [2.24, 2.45) is 0 Å². The number of ether oxygens (including phenoxy) is 3. The summed E-state index contributed by atoms with van der Waals surface area (Å²) < 4.78 is 41.7. The molecule has 0 amide bonds. The average Bonchev–Trinajstić information content (AvgIpc) is 3.16. The quantitative estimate of drug-likeness (QED) is 0.153. The number of terminal acetylenes is 1. The Morgan fingerprint density at radius 1 is 1.32 bits per heavy atom. The van der Waals surface area contributed by atoms with Crippen LogP contribution in [-0.2, 0) is 28.1 Å².